The van der Waals surface area contributed by atoms with Crippen LogP contribution in [0.25, 0.3) is 0 Å². The number of nitrogens with zero attached hydrogens (tertiary/aromatic N) is 4. The van der Waals surface area contributed by atoms with E-state index in [1.165, 1.54) is 0 Å². The van der Waals surface area contributed by atoms with E-state index in [0.717, 1.165) is 5.69 Å². The van der Waals surface area contributed by atoms with Gasteiger partial charge < -0.3 is 0 Å². The van der Waals surface area contributed by atoms with Crippen molar-refractivity contribution in [3.8, 4) is 0 Å². The summed E-state index contributed by atoms with van der Waals surface area (Å²) in [5, 5.41) is 4.43. The summed E-state index contributed by atoms with van der Waals surface area (Å²) in [5.74, 6) is 0. The van der Waals surface area contributed by atoms with E-state index in [1.54, 1.807) is 15.3 Å². The Balaban J connectivity index is 2.19. The molecule has 0 unspecified atom stereocenters. The summed E-state index contributed by atoms with van der Waals surface area (Å²) >= 11 is 0. The number of hydrogen-bond acceptors (Lipinski definition) is 2. The first kappa shape index (κ1) is 11.7. The molecule has 0 radical (unpaired) electrons. The third-order valence-electron chi connectivity index (χ3n) is 2.78. The maximum Gasteiger partial charge on any atom is 0.328 e. The van der Waals surface area contributed by atoms with Crippen molar-refractivity contribution in [1.82, 2.24) is 18.9 Å². The van der Waals surface area contributed by atoms with E-state index in [4.69, 9.17) is 0 Å². The molecule has 0 amide bonds. The normalized spacial score (nSPS) is 11.3. The van der Waals surface area contributed by atoms with Crippen LogP contribution in [0.1, 0.15) is 32.5 Å². The van der Waals surface area contributed by atoms with Gasteiger partial charge in [0.1, 0.15) is 0 Å². The van der Waals surface area contributed by atoms with E-state index in [1.807, 2.05) is 30.1 Å². The molecule has 0 saturated heterocycles. The molecular weight excluding hydrogens is 216 g/mol. The lowest BCUT2D eigenvalue weighted by atomic mass is 10.4. The van der Waals surface area contributed by atoms with Crippen LogP contribution in [0.15, 0.2) is 29.5 Å². The first-order valence-electron chi connectivity index (χ1n) is 5.91. The van der Waals surface area contributed by atoms with Gasteiger partial charge in [0, 0.05) is 31.2 Å². The van der Waals surface area contributed by atoms with Gasteiger partial charge in [-0.3, -0.25) is 13.8 Å². The molecule has 0 aliphatic carbocycles. The quantitative estimate of drug-likeness (QED) is 0.804. The maximum atomic E-state index is 11.8. The van der Waals surface area contributed by atoms with E-state index >= 15 is 0 Å². The Morgan fingerprint density at radius 1 is 1.24 bits per heavy atom. The van der Waals surface area contributed by atoms with Crippen LogP contribution in [0.5, 0.6) is 0 Å². The number of rotatable bonds is 4. The molecule has 0 bridgehead atoms. The van der Waals surface area contributed by atoms with Gasteiger partial charge in [-0.05, 0) is 26.8 Å². The molecule has 0 aliphatic rings. The van der Waals surface area contributed by atoms with Crippen molar-refractivity contribution in [3.05, 3.63) is 40.8 Å². The SMILES string of the molecule is CCn1ccn(Cc2ccn(C(C)C)n2)c1=O. The van der Waals surface area contributed by atoms with Crippen molar-refractivity contribution in [2.24, 2.45) is 0 Å². The molecule has 5 heteroatoms. The van der Waals surface area contributed by atoms with Crippen molar-refractivity contribution >= 4 is 0 Å². The van der Waals surface area contributed by atoms with Gasteiger partial charge in [-0.2, -0.15) is 5.10 Å². The minimum absolute atomic E-state index is 0.0200. The second kappa shape index (κ2) is 4.61. The van der Waals surface area contributed by atoms with Gasteiger partial charge in [0.15, 0.2) is 0 Å². The summed E-state index contributed by atoms with van der Waals surface area (Å²) in [4.78, 5) is 11.8. The Bertz CT molecular complexity index is 547. The zero-order chi connectivity index (χ0) is 12.4. The summed E-state index contributed by atoms with van der Waals surface area (Å²) in [5.41, 5.74) is 0.932. The highest BCUT2D eigenvalue weighted by Crippen LogP contribution is 2.05. The Kier molecular flexibility index (Phi) is 3.17. The zero-order valence-corrected chi connectivity index (χ0v) is 10.5. The highest BCUT2D eigenvalue weighted by Gasteiger charge is 2.06. The lowest BCUT2D eigenvalue weighted by Gasteiger charge is -2.03. The fraction of sp³-hybridized carbons (Fsp3) is 0.500. The number of hydrogen-bond donors (Lipinski definition) is 0. The van der Waals surface area contributed by atoms with Gasteiger partial charge in [-0.25, -0.2) is 4.79 Å². The first-order chi connectivity index (χ1) is 8.11. The Morgan fingerprint density at radius 2 is 1.94 bits per heavy atom. The predicted molar refractivity (Wildman–Crippen MR) is 66.1 cm³/mol. The zero-order valence-electron chi connectivity index (χ0n) is 10.5. The van der Waals surface area contributed by atoms with Crippen LogP contribution in [0, 0.1) is 0 Å². The lowest BCUT2D eigenvalue weighted by Crippen LogP contribution is -2.24. The Morgan fingerprint density at radius 3 is 2.47 bits per heavy atom. The van der Waals surface area contributed by atoms with Crippen LogP contribution in [0.4, 0.5) is 0 Å². The molecule has 0 spiro atoms. The molecule has 2 rings (SSSR count). The van der Waals surface area contributed by atoms with Crippen molar-refractivity contribution < 1.29 is 0 Å². The van der Waals surface area contributed by atoms with Crippen molar-refractivity contribution in [1.29, 1.82) is 0 Å². The van der Waals surface area contributed by atoms with Gasteiger partial charge in [-0.15, -0.1) is 0 Å². The second-order valence-corrected chi connectivity index (χ2v) is 4.38. The third kappa shape index (κ3) is 2.33. The summed E-state index contributed by atoms with van der Waals surface area (Å²) in [6.45, 7) is 7.35. The topological polar surface area (TPSA) is 44.8 Å². The van der Waals surface area contributed by atoms with Gasteiger partial charge in [-0.1, -0.05) is 0 Å². The van der Waals surface area contributed by atoms with Crippen LogP contribution >= 0.6 is 0 Å². The predicted octanol–water partition coefficient (Wildman–Crippen LogP) is 1.50. The van der Waals surface area contributed by atoms with Crippen molar-refractivity contribution in [2.45, 2.75) is 39.9 Å². The van der Waals surface area contributed by atoms with E-state index in [9.17, 15) is 4.79 Å². The van der Waals surface area contributed by atoms with Gasteiger partial charge in [0.25, 0.3) is 0 Å². The largest absolute Gasteiger partial charge is 0.328 e. The monoisotopic (exact) mass is 234 g/mol. The molecule has 5 nitrogen and oxygen atoms in total. The smallest absolute Gasteiger partial charge is 0.300 e. The molecular formula is C12H18N4O. The van der Waals surface area contributed by atoms with Crippen molar-refractivity contribution in [2.75, 3.05) is 0 Å². The molecule has 2 aromatic heterocycles. The van der Waals surface area contributed by atoms with Crippen LogP contribution < -0.4 is 5.69 Å². The number of aromatic nitrogens is 4. The standard InChI is InChI=1S/C12H18N4O/c1-4-14-7-8-15(12(14)17)9-11-5-6-16(13-11)10(2)3/h5-8,10H,4,9H2,1-3H3. The van der Waals surface area contributed by atoms with E-state index in [2.05, 4.69) is 18.9 Å². The third-order valence-corrected chi connectivity index (χ3v) is 2.78. The van der Waals surface area contributed by atoms with Crippen LogP contribution in [0.2, 0.25) is 0 Å². The first-order valence-corrected chi connectivity index (χ1v) is 5.91. The number of aryl methyl sites for hydroxylation is 1. The molecule has 2 aromatic rings. The molecule has 0 aromatic carbocycles. The summed E-state index contributed by atoms with van der Waals surface area (Å²) in [6, 6.07) is 2.30. The summed E-state index contributed by atoms with van der Waals surface area (Å²) in [7, 11) is 0. The van der Waals surface area contributed by atoms with Crippen molar-refractivity contribution in [3.63, 3.8) is 0 Å². The fourth-order valence-electron chi connectivity index (χ4n) is 1.74. The maximum absolute atomic E-state index is 11.8. The van der Waals surface area contributed by atoms with Crippen LogP contribution in [-0.4, -0.2) is 18.9 Å². The molecule has 2 heterocycles. The average molecular weight is 234 g/mol. The Labute approximate surface area is 100 Å². The molecule has 92 valence electrons. The molecule has 0 fully saturated rings. The van der Waals surface area contributed by atoms with Crippen LogP contribution in [0.3, 0.4) is 0 Å². The fourth-order valence-corrected chi connectivity index (χ4v) is 1.74. The second-order valence-electron chi connectivity index (χ2n) is 4.38. The summed E-state index contributed by atoms with van der Waals surface area (Å²) in [6.07, 6.45) is 5.56. The van der Waals surface area contributed by atoms with Gasteiger partial charge in [0.2, 0.25) is 0 Å². The summed E-state index contributed by atoms with van der Waals surface area (Å²) < 4.78 is 5.26. The molecule has 0 saturated carbocycles. The van der Waals surface area contributed by atoms with Crippen LogP contribution in [-0.2, 0) is 13.1 Å². The molecule has 17 heavy (non-hydrogen) atoms. The van der Waals surface area contributed by atoms with E-state index < -0.39 is 0 Å². The van der Waals surface area contributed by atoms with Gasteiger partial charge in [0.05, 0.1) is 12.2 Å². The molecule has 0 aliphatic heterocycles. The Hall–Kier alpha value is -1.78. The number of imidazole rings is 1. The van der Waals surface area contributed by atoms with E-state index in [-0.39, 0.29) is 5.69 Å². The lowest BCUT2D eigenvalue weighted by molar-refractivity contribution is 0.522. The highest BCUT2D eigenvalue weighted by atomic mass is 16.1. The highest BCUT2D eigenvalue weighted by molar-refractivity contribution is 5.01. The minimum atomic E-state index is 0.0200. The average Bonchev–Trinajstić information content (AvgIpc) is 2.88. The van der Waals surface area contributed by atoms with E-state index in [0.29, 0.717) is 19.1 Å². The minimum Gasteiger partial charge on any atom is -0.300 e. The molecule has 0 atom stereocenters. The molecule has 0 N–H and O–H groups in total. The van der Waals surface area contributed by atoms with Gasteiger partial charge >= 0.3 is 5.69 Å².